The molecule has 20 heavy (non-hydrogen) atoms. The van der Waals surface area contributed by atoms with Crippen LogP contribution in [0.4, 0.5) is 5.69 Å². The molecule has 2 aromatic rings. The van der Waals surface area contributed by atoms with Gasteiger partial charge in [0.2, 0.25) is 0 Å². The van der Waals surface area contributed by atoms with E-state index in [0.29, 0.717) is 12.5 Å². The third kappa shape index (κ3) is 3.60. The summed E-state index contributed by atoms with van der Waals surface area (Å²) in [7, 11) is 1.92. The van der Waals surface area contributed by atoms with E-state index in [-0.39, 0.29) is 0 Å². The number of anilines is 1. The molecule has 0 aliphatic carbocycles. The predicted octanol–water partition coefficient (Wildman–Crippen LogP) is 2.22. The van der Waals surface area contributed by atoms with Crippen LogP contribution in [-0.2, 0) is 20.0 Å². The van der Waals surface area contributed by atoms with E-state index < -0.39 is 0 Å². The number of benzene rings is 1. The van der Waals surface area contributed by atoms with Crippen molar-refractivity contribution in [3.05, 3.63) is 47.3 Å². The summed E-state index contributed by atoms with van der Waals surface area (Å²) in [4.78, 5) is 4.36. The first kappa shape index (κ1) is 14.1. The number of nitrogens with zero attached hydrogens (tertiary/aromatic N) is 3. The number of nitrogens with two attached hydrogens (primary N) is 1. The van der Waals surface area contributed by atoms with E-state index in [9.17, 15) is 0 Å². The van der Waals surface area contributed by atoms with Gasteiger partial charge in [0.05, 0.1) is 12.2 Å². The quantitative estimate of drug-likeness (QED) is 0.662. The van der Waals surface area contributed by atoms with Crippen molar-refractivity contribution in [1.29, 1.82) is 0 Å². The van der Waals surface area contributed by atoms with E-state index in [4.69, 9.17) is 5.73 Å². The maximum absolute atomic E-state index is 5.90. The molecule has 1 heterocycles. The van der Waals surface area contributed by atoms with E-state index in [1.54, 1.807) is 0 Å². The number of hydrogen-bond donors (Lipinski definition) is 2. The molecule has 0 amide bonds. The van der Waals surface area contributed by atoms with Crippen molar-refractivity contribution < 1.29 is 0 Å². The molecule has 0 aliphatic heterocycles. The molecule has 0 radical (unpaired) electrons. The lowest BCUT2D eigenvalue weighted by molar-refractivity contribution is 0.746. The number of aryl methyl sites for hydroxylation is 3. The predicted molar refractivity (Wildman–Crippen MR) is 82.7 cm³/mol. The summed E-state index contributed by atoms with van der Waals surface area (Å²) in [6, 6.07) is 8.04. The lowest BCUT2D eigenvalue weighted by Crippen LogP contribution is -2.22. The molecule has 2 rings (SSSR count). The second-order valence-corrected chi connectivity index (χ2v) is 4.82. The third-order valence-electron chi connectivity index (χ3n) is 3.07. The van der Waals surface area contributed by atoms with Crippen LogP contribution in [0.2, 0.25) is 0 Å². The highest BCUT2D eigenvalue weighted by Crippen LogP contribution is 2.10. The minimum atomic E-state index is 0.416. The van der Waals surface area contributed by atoms with Crippen molar-refractivity contribution in [1.82, 2.24) is 9.78 Å². The minimum absolute atomic E-state index is 0.416. The van der Waals surface area contributed by atoms with Crippen molar-refractivity contribution in [2.24, 2.45) is 17.8 Å². The van der Waals surface area contributed by atoms with Gasteiger partial charge >= 0.3 is 0 Å². The highest BCUT2D eigenvalue weighted by Gasteiger charge is 2.05. The molecule has 0 spiro atoms. The molecule has 3 N–H and O–H groups in total. The topological polar surface area (TPSA) is 68.2 Å². The Hall–Kier alpha value is -2.30. The highest BCUT2D eigenvalue weighted by atomic mass is 15.3. The normalized spacial score (nSPS) is 11.7. The van der Waals surface area contributed by atoms with Crippen LogP contribution in [0.1, 0.15) is 23.7 Å². The molecule has 1 aromatic carbocycles. The molecule has 5 heteroatoms. The third-order valence-corrected chi connectivity index (χ3v) is 3.07. The fourth-order valence-corrected chi connectivity index (χ4v) is 2.01. The fourth-order valence-electron chi connectivity index (χ4n) is 2.01. The molecule has 1 aromatic heterocycles. The Morgan fingerprint density at radius 1 is 1.35 bits per heavy atom. The number of aromatic nitrogens is 2. The second-order valence-electron chi connectivity index (χ2n) is 4.82. The summed E-state index contributed by atoms with van der Waals surface area (Å²) in [6.07, 6.45) is 2.89. The van der Waals surface area contributed by atoms with Gasteiger partial charge in [0, 0.05) is 24.5 Å². The largest absolute Gasteiger partial charge is 0.370 e. The molecule has 0 fully saturated rings. The van der Waals surface area contributed by atoms with Crippen molar-refractivity contribution in [2.45, 2.75) is 26.8 Å². The summed E-state index contributed by atoms with van der Waals surface area (Å²) in [5.74, 6) is 0.416. The number of guanidine groups is 1. The number of nitrogens with one attached hydrogen (secondary N) is 1. The highest BCUT2D eigenvalue weighted by molar-refractivity contribution is 5.92. The average Bonchev–Trinajstić information content (AvgIpc) is 2.79. The molecule has 0 bridgehead atoms. The van der Waals surface area contributed by atoms with Crippen LogP contribution in [0.15, 0.2) is 35.5 Å². The van der Waals surface area contributed by atoms with Crippen LogP contribution in [0.5, 0.6) is 0 Å². The molecule has 5 nitrogen and oxygen atoms in total. The number of hydrogen-bond acceptors (Lipinski definition) is 2. The molecule has 0 saturated heterocycles. The van der Waals surface area contributed by atoms with Crippen molar-refractivity contribution in [3.8, 4) is 0 Å². The minimum Gasteiger partial charge on any atom is -0.370 e. The lowest BCUT2D eigenvalue weighted by atomic mass is 10.2. The van der Waals surface area contributed by atoms with Gasteiger partial charge < -0.3 is 11.1 Å². The van der Waals surface area contributed by atoms with Crippen LogP contribution < -0.4 is 11.1 Å². The monoisotopic (exact) mass is 271 g/mol. The Morgan fingerprint density at radius 3 is 2.70 bits per heavy atom. The van der Waals surface area contributed by atoms with E-state index in [2.05, 4.69) is 29.3 Å². The molecular weight excluding hydrogens is 250 g/mol. The number of rotatable bonds is 4. The van der Waals surface area contributed by atoms with Crippen LogP contribution >= 0.6 is 0 Å². The van der Waals surface area contributed by atoms with Gasteiger partial charge in [-0.25, -0.2) is 4.99 Å². The second kappa shape index (κ2) is 6.23. The Kier molecular flexibility index (Phi) is 4.40. The summed E-state index contributed by atoms with van der Waals surface area (Å²) in [6.45, 7) is 4.68. The zero-order valence-corrected chi connectivity index (χ0v) is 12.2. The van der Waals surface area contributed by atoms with Crippen molar-refractivity contribution >= 4 is 11.6 Å². The van der Waals surface area contributed by atoms with E-state index in [1.807, 2.05) is 42.2 Å². The van der Waals surface area contributed by atoms with Gasteiger partial charge in [-0.15, -0.1) is 0 Å². The average molecular weight is 271 g/mol. The van der Waals surface area contributed by atoms with Crippen LogP contribution in [0.25, 0.3) is 0 Å². The van der Waals surface area contributed by atoms with Gasteiger partial charge in [0.15, 0.2) is 5.96 Å². The van der Waals surface area contributed by atoms with Crippen LogP contribution in [-0.4, -0.2) is 15.7 Å². The molecular formula is C15H21N5. The van der Waals surface area contributed by atoms with Gasteiger partial charge in [-0.1, -0.05) is 24.6 Å². The summed E-state index contributed by atoms with van der Waals surface area (Å²) >= 11 is 0. The molecule has 0 atom stereocenters. The first-order valence-corrected chi connectivity index (χ1v) is 6.73. The van der Waals surface area contributed by atoms with Crippen LogP contribution in [0, 0.1) is 6.92 Å². The Labute approximate surface area is 119 Å². The van der Waals surface area contributed by atoms with Gasteiger partial charge in [0.25, 0.3) is 0 Å². The first-order valence-electron chi connectivity index (χ1n) is 6.73. The SMILES string of the molecule is CCc1nn(C)cc1CN=C(N)Nc1ccc(C)cc1. The van der Waals surface area contributed by atoms with E-state index >= 15 is 0 Å². The van der Waals surface area contributed by atoms with E-state index in [1.165, 1.54) is 5.56 Å². The van der Waals surface area contributed by atoms with Gasteiger partial charge in [0.1, 0.15) is 0 Å². The Morgan fingerprint density at radius 2 is 2.05 bits per heavy atom. The van der Waals surface area contributed by atoms with Crippen molar-refractivity contribution in [2.75, 3.05) is 5.32 Å². The maximum atomic E-state index is 5.90. The lowest BCUT2D eigenvalue weighted by Gasteiger charge is -2.05. The number of aliphatic imine (C=N–C) groups is 1. The van der Waals surface area contributed by atoms with Gasteiger partial charge in [-0.05, 0) is 25.5 Å². The Bertz CT molecular complexity index is 595. The van der Waals surface area contributed by atoms with Gasteiger partial charge in [-0.2, -0.15) is 5.10 Å². The fraction of sp³-hybridized carbons (Fsp3) is 0.333. The molecule has 0 saturated carbocycles. The first-order chi connectivity index (χ1) is 9.58. The van der Waals surface area contributed by atoms with Crippen LogP contribution in [0.3, 0.4) is 0 Å². The van der Waals surface area contributed by atoms with Crippen molar-refractivity contribution in [3.63, 3.8) is 0 Å². The summed E-state index contributed by atoms with van der Waals surface area (Å²) < 4.78 is 1.81. The zero-order valence-electron chi connectivity index (χ0n) is 12.2. The zero-order chi connectivity index (χ0) is 14.5. The molecule has 0 unspecified atom stereocenters. The molecule has 0 aliphatic rings. The maximum Gasteiger partial charge on any atom is 0.193 e. The van der Waals surface area contributed by atoms with Gasteiger partial charge in [-0.3, -0.25) is 4.68 Å². The summed E-state index contributed by atoms with van der Waals surface area (Å²) in [5, 5.41) is 7.47. The van der Waals surface area contributed by atoms with E-state index in [0.717, 1.165) is 23.4 Å². The standard InChI is InChI=1S/C15H21N5/c1-4-14-12(10-20(3)19-14)9-17-15(16)18-13-7-5-11(2)6-8-13/h5-8,10H,4,9H2,1-3H3,(H3,16,17,18). The molecule has 106 valence electrons. The smallest absolute Gasteiger partial charge is 0.193 e. The summed E-state index contributed by atoms with van der Waals surface area (Å²) in [5.41, 5.74) is 10.2. The Balaban J connectivity index is 2.01.